The molecule has 0 radical (unpaired) electrons. The van der Waals surface area contributed by atoms with Crippen molar-refractivity contribution in [2.45, 2.75) is 32.1 Å². The van der Waals surface area contributed by atoms with Crippen molar-refractivity contribution in [3.05, 3.63) is 35.9 Å². The zero-order valence-corrected chi connectivity index (χ0v) is 11.6. The molecule has 2 rings (SSSR count). The molecule has 1 saturated heterocycles. The number of nitrogens with one attached hydrogen (secondary N) is 1. The third-order valence-electron chi connectivity index (χ3n) is 3.85. The van der Waals surface area contributed by atoms with Crippen molar-refractivity contribution in [2.75, 3.05) is 32.7 Å². The lowest BCUT2D eigenvalue weighted by Gasteiger charge is -2.16. The van der Waals surface area contributed by atoms with Gasteiger partial charge in [-0.3, -0.25) is 0 Å². The van der Waals surface area contributed by atoms with Crippen molar-refractivity contribution >= 4 is 0 Å². The Labute approximate surface area is 111 Å². The second kappa shape index (κ2) is 7.55. The van der Waals surface area contributed by atoms with Gasteiger partial charge in [0, 0.05) is 6.54 Å². The lowest BCUT2D eigenvalue weighted by Crippen LogP contribution is -2.26. The minimum Gasteiger partial charge on any atom is -0.316 e. The number of hydrogen-bond donors (Lipinski definition) is 1. The van der Waals surface area contributed by atoms with Crippen LogP contribution in [-0.4, -0.2) is 37.6 Å². The molecule has 1 fully saturated rings. The summed E-state index contributed by atoms with van der Waals surface area (Å²) in [5, 5.41) is 3.58. The summed E-state index contributed by atoms with van der Waals surface area (Å²) in [5.41, 5.74) is 1.43. The van der Waals surface area contributed by atoms with Crippen LogP contribution < -0.4 is 5.32 Å². The lowest BCUT2D eigenvalue weighted by atomic mass is 10.0. The average molecular weight is 246 g/mol. The van der Waals surface area contributed by atoms with Gasteiger partial charge in [0.05, 0.1) is 0 Å². The summed E-state index contributed by atoms with van der Waals surface area (Å²) in [6, 6.07) is 10.8. The Hall–Kier alpha value is -0.860. The number of hydrogen-bond acceptors (Lipinski definition) is 2. The molecule has 0 aliphatic carbocycles. The normalized spacial score (nSPS) is 18.1. The Morgan fingerprint density at radius 1 is 1.17 bits per heavy atom. The molecule has 0 spiro atoms. The SMILES string of the molecule is CC(CNCCCN1CCCC1)c1ccccc1. The van der Waals surface area contributed by atoms with Crippen LogP contribution in [0.4, 0.5) is 0 Å². The predicted molar refractivity (Wildman–Crippen MR) is 78.0 cm³/mol. The third-order valence-corrected chi connectivity index (χ3v) is 3.85. The summed E-state index contributed by atoms with van der Waals surface area (Å²) >= 11 is 0. The highest BCUT2D eigenvalue weighted by Crippen LogP contribution is 2.13. The smallest absolute Gasteiger partial charge is 0.00174 e. The van der Waals surface area contributed by atoms with Crippen molar-refractivity contribution in [3.63, 3.8) is 0 Å². The predicted octanol–water partition coefficient (Wildman–Crippen LogP) is 2.87. The second-order valence-electron chi connectivity index (χ2n) is 5.42. The molecule has 1 aliphatic heterocycles. The quantitative estimate of drug-likeness (QED) is 0.744. The molecule has 1 aromatic carbocycles. The molecule has 1 aliphatic rings. The molecule has 1 aromatic rings. The van der Waals surface area contributed by atoms with E-state index in [9.17, 15) is 0 Å². The van der Waals surface area contributed by atoms with Crippen LogP contribution in [0.2, 0.25) is 0 Å². The summed E-state index contributed by atoms with van der Waals surface area (Å²) in [7, 11) is 0. The molecule has 0 amide bonds. The van der Waals surface area contributed by atoms with Crippen molar-refractivity contribution in [1.29, 1.82) is 0 Å². The van der Waals surface area contributed by atoms with Crippen LogP contribution in [0.1, 0.15) is 37.7 Å². The van der Waals surface area contributed by atoms with Crippen LogP contribution in [0.15, 0.2) is 30.3 Å². The molecular weight excluding hydrogens is 220 g/mol. The fraction of sp³-hybridized carbons (Fsp3) is 0.625. The van der Waals surface area contributed by atoms with E-state index in [-0.39, 0.29) is 0 Å². The van der Waals surface area contributed by atoms with Gasteiger partial charge in [0.25, 0.3) is 0 Å². The fourth-order valence-corrected chi connectivity index (χ4v) is 2.65. The molecular formula is C16H26N2. The monoisotopic (exact) mass is 246 g/mol. The second-order valence-corrected chi connectivity index (χ2v) is 5.42. The first-order valence-electron chi connectivity index (χ1n) is 7.34. The standard InChI is InChI=1S/C16H26N2/c1-15(16-8-3-2-4-9-16)14-17-10-7-13-18-11-5-6-12-18/h2-4,8-9,15,17H,5-7,10-14H2,1H3. The van der Waals surface area contributed by atoms with E-state index >= 15 is 0 Å². The molecule has 0 saturated carbocycles. The molecule has 2 nitrogen and oxygen atoms in total. The fourth-order valence-electron chi connectivity index (χ4n) is 2.65. The first-order valence-corrected chi connectivity index (χ1v) is 7.34. The first kappa shape index (κ1) is 13.6. The maximum absolute atomic E-state index is 3.58. The van der Waals surface area contributed by atoms with Crippen LogP contribution in [0, 0.1) is 0 Å². The largest absolute Gasteiger partial charge is 0.316 e. The Balaban J connectivity index is 1.55. The Morgan fingerprint density at radius 3 is 2.61 bits per heavy atom. The maximum atomic E-state index is 3.58. The van der Waals surface area contributed by atoms with Crippen LogP contribution in [0.25, 0.3) is 0 Å². The minimum absolute atomic E-state index is 0.609. The van der Waals surface area contributed by atoms with E-state index in [0.29, 0.717) is 5.92 Å². The Kier molecular flexibility index (Phi) is 5.69. The van der Waals surface area contributed by atoms with Crippen LogP contribution >= 0.6 is 0 Å². The van der Waals surface area contributed by atoms with E-state index in [1.165, 1.54) is 44.5 Å². The summed E-state index contributed by atoms with van der Waals surface area (Å²) in [6.07, 6.45) is 4.08. The van der Waals surface area contributed by atoms with Crippen molar-refractivity contribution in [3.8, 4) is 0 Å². The number of likely N-dealkylation sites (tertiary alicyclic amines) is 1. The molecule has 0 aromatic heterocycles. The van der Waals surface area contributed by atoms with Crippen molar-refractivity contribution in [2.24, 2.45) is 0 Å². The van der Waals surface area contributed by atoms with Gasteiger partial charge in [-0.1, -0.05) is 37.3 Å². The van der Waals surface area contributed by atoms with Gasteiger partial charge in [0.2, 0.25) is 0 Å². The zero-order valence-electron chi connectivity index (χ0n) is 11.6. The van der Waals surface area contributed by atoms with E-state index in [0.717, 1.165) is 13.1 Å². The molecule has 18 heavy (non-hydrogen) atoms. The van der Waals surface area contributed by atoms with E-state index in [1.54, 1.807) is 0 Å². The highest BCUT2D eigenvalue weighted by molar-refractivity contribution is 5.18. The number of benzene rings is 1. The van der Waals surface area contributed by atoms with Crippen LogP contribution in [0.5, 0.6) is 0 Å². The van der Waals surface area contributed by atoms with Gasteiger partial charge in [-0.15, -0.1) is 0 Å². The molecule has 1 atom stereocenters. The maximum Gasteiger partial charge on any atom is 0.00174 e. The third kappa shape index (κ3) is 4.43. The Morgan fingerprint density at radius 2 is 1.89 bits per heavy atom. The highest BCUT2D eigenvalue weighted by Gasteiger charge is 2.10. The topological polar surface area (TPSA) is 15.3 Å². The van der Waals surface area contributed by atoms with E-state index in [4.69, 9.17) is 0 Å². The molecule has 0 bridgehead atoms. The molecule has 1 N–H and O–H groups in total. The van der Waals surface area contributed by atoms with E-state index in [2.05, 4.69) is 47.5 Å². The van der Waals surface area contributed by atoms with Gasteiger partial charge in [0.15, 0.2) is 0 Å². The molecule has 100 valence electrons. The van der Waals surface area contributed by atoms with E-state index < -0.39 is 0 Å². The summed E-state index contributed by atoms with van der Waals surface area (Å²) in [4.78, 5) is 2.59. The summed E-state index contributed by atoms with van der Waals surface area (Å²) in [6.45, 7) is 8.44. The van der Waals surface area contributed by atoms with Gasteiger partial charge < -0.3 is 10.2 Å². The molecule has 1 unspecified atom stereocenters. The molecule has 2 heteroatoms. The van der Waals surface area contributed by atoms with Crippen LogP contribution in [-0.2, 0) is 0 Å². The first-order chi connectivity index (χ1) is 8.86. The summed E-state index contributed by atoms with van der Waals surface area (Å²) in [5.74, 6) is 0.609. The van der Waals surface area contributed by atoms with Gasteiger partial charge >= 0.3 is 0 Å². The van der Waals surface area contributed by atoms with Crippen molar-refractivity contribution < 1.29 is 0 Å². The van der Waals surface area contributed by atoms with Gasteiger partial charge in [-0.25, -0.2) is 0 Å². The van der Waals surface area contributed by atoms with Gasteiger partial charge in [-0.2, -0.15) is 0 Å². The van der Waals surface area contributed by atoms with E-state index in [1.807, 2.05) is 0 Å². The van der Waals surface area contributed by atoms with Crippen molar-refractivity contribution in [1.82, 2.24) is 10.2 Å². The zero-order chi connectivity index (χ0) is 12.6. The number of nitrogens with zero attached hydrogens (tertiary/aromatic N) is 1. The van der Waals surface area contributed by atoms with Gasteiger partial charge in [0.1, 0.15) is 0 Å². The van der Waals surface area contributed by atoms with Crippen LogP contribution in [0.3, 0.4) is 0 Å². The highest BCUT2D eigenvalue weighted by atomic mass is 15.1. The number of rotatable bonds is 7. The molecule has 1 heterocycles. The lowest BCUT2D eigenvalue weighted by molar-refractivity contribution is 0.330. The Bertz CT molecular complexity index is 317. The minimum atomic E-state index is 0.609. The van der Waals surface area contributed by atoms with Gasteiger partial charge in [-0.05, 0) is 56.9 Å². The summed E-state index contributed by atoms with van der Waals surface area (Å²) < 4.78 is 0. The average Bonchev–Trinajstić information content (AvgIpc) is 2.92.